The molecule has 7 heteroatoms. The third-order valence-electron chi connectivity index (χ3n) is 0. The maximum absolute atomic E-state index is 8.52. The Hall–Kier alpha value is 0.857. The van der Waals surface area contributed by atoms with Crippen LogP contribution in [0.2, 0.25) is 0 Å². The van der Waals surface area contributed by atoms with E-state index in [1.54, 1.807) is 0 Å². The first kappa shape index (κ1) is 15.7. The maximum atomic E-state index is 8.52. The van der Waals surface area contributed by atoms with E-state index >= 15 is 0 Å². The first-order chi connectivity index (χ1) is 2.00. The van der Waals surface area contributed by atoms with Gasteiger partial charge in [0, 0.05) is 10.4 Å². The summed E-state index contributed by atoms with van der Waals surface area (Å²) in [4.78, 5) is 0. The van der Waals surface area contributed by atoms with Gasteiger partial charge in [0.15, 0.2) is 0 Å². The van der Waals surface area contributed by atoms with Crippen LogP contribution in [0.15, 0.2) is 0 Å². The van der Waals surface area contributed by atoms with Crippen molar-refractivity contribution >= 4 is 10.4 Å². The van der Waals surface area contributed by atoms with Crippen molar-refractivity contribution in [2.45, 2.75) is 0 Å². The van der Waals surface area contributed by atoms with Gasteiger partial charge in [-0.15, -0.1) is 0 Å². The van der Waals surface area contributed by atoms with Crippen molar-refractivity contribution in [3.63, 3.8) is 0 Å². The second kappa shape index (κ2) is 5.00. The fraction of sp³-hybridized carbons (Fsp3) is 0. The topological polar surface area (TPSA) is 80.3 Å². The van der Waals surface area contributed by atoms with E-state index in [4.69, 9.17) is 17.5 Å². The van der Waals surface area contributed by atoms with Crippen LogP contribution in [0.4, 0.5) is 0 Å². The van der Waals surface area contributed by atoms with Crippen LogP contribution in [-0.4, -0.2) is 17.5 Å². The molecule has 0 fully saturated rings. The number of hydrogen-bond acceptors (Lipinski definition) is 4. The molecule has 7 heavy (non-hydrogen) atoms. The van der Waals surface area contributed by atoms with Gasteiger partial charge in [-0.1, -0.05) is 0 Å². The van der Waals surface area contributed by atoms with Gasteiger partial charge in [0.2, 0.25) is 0 Å². The van der Waals surface area contributed by atoms with Crippen LogP contribution < -0.4 is 0 Å². The molecule has 0 bridgehead atoms. The van der Waals surface area contributed by atoms with Crippen molar-refractivity contribution in [3.05, 3.63) is 0 Å². The van der Waals surface area contributed by atoms with E-state index in [9.17, 15) is 0 Å². The summed E-state index contributed by atoms with van der Waals surface area (Å²) in [7, 11) is -5.17. The standard InChI is InChI=1S/2Ni.H2O4S/c;;1-5(2,3)4/h;;(H2,1,2,3,4)/q2*+2;/p-2. The summed E-state index contributed by atoms with van der Waals surface area (Å²) in [6.45, 7) is 0. The Bertz CT molecular complexity index is 92.9. The van der Waals surface area contributed by atoms with Crippen molar-refractivity contribution < 1.29 is 50.5 Å². The Balaban J connectivity index is -0.0000000800. The van der Waals surface area contributed by atoms with Gasteiger partial charge in [-0.25, -0.2) is 0 Å². The van der Waals surface area contributed by atoms with Crippen LogP contribution in [0.3, 0.4) is 0 Å². The van der Waals surface area contributed by atoms with Crippen LogP contribution in [0.1, 0.15) is 0 Å². The fourth-order valence-electron chi connectivity index (χ4n) is 0. The molecule has 0 aromatic rings. The molecule has 0 radical (unpaired) electrons. The van der Waals surface area contributed by atoms with Gasteiger partial charge >= 0.3 is 33.0 Å². The number of rotatable bonds is 0. The quantitative estimate of drug-likeness (QED) is 0.283. The van der Waals surface area contributed by atoms with E-state index in [0.717, 1.165) is 0 Å². The fourth-order valence-corrected chi connectivity index (χ4v) is 0. The molecule has 0 N–H and O–H groups in total. The third kappa shape index (κ3) is 220. The Labute approximate surface area is 61.1 Å². The van der Waals surface area contributed by atoms with Crippen molar-refractivity contribution in [2.24, 2.45) is 0 Å². The maximum Gasteiger partial charge on any atom is 2.00 e. The summed E-state index contributed by atoms with van der Waals surface area (Å²) in [6, 6.07) is 0. The zero-order valence-electron chi connectivity index (χ0n) is 2.67. The molecule has 0 atom stereocenters. The summed E-state index contributed by atoms with van der Waals surface area (Å²) >= 11 is 0. The largest absolute Gasteiger partial charge is 2.00 e. The van der Waals surface area contributed by atoms with Crippen LogP contribution in [0.5, 0.6) is 0 Å². The molecule has 0 spiro atoms. The molecule has 0 heterocycles. The SMILES string of the molecule is O=S(=O)([O-])[O-].[Ni+2].[Ni+2]. The minimum absolute atomic E-state index is 0. The molecule has 0 aliphatic heterocycles. The van der Waals surface area contributed by atoms with Gasteiger partial charge in [-0.05, 0) is 0 Å². The second-order valence-electron chi connectivity index (χ2n) is 0.408. The zero-order valence-corrected chi connectivity index (χ0v) is 5.47. The molecule has 0 saturated heterocycles. The molecule has 4 nitrogen and oxygen atoms in total. The molecular weight excluding hydrogens is 213 g/mol. The first-order valence-corrected chi connectivity index (χ1v) is 2.00. The van der Waals surface area contributed by atoms with Crippen LogP contribution >= 0.6 is 0 Å². The average molecular weight is 213 g/mol. The first-order valence-electron chi connectivity index (χ1n) is 0.667. The van der Waals surface area contributed by atoms with Crippen molar-refractivity contribution in [1.29, 1.82) is 0 Å². The van der Waals surface area contributed by atoms with Gasteiger partial charge in [0.1, 0.15) is 0 Å². The van der Waals surface area contributed by atoms with Crippen LogP contribution in [0, 0.1) is 0 Å². The van der Waals surface area contributed by atoms with Gasteiger partial charge in [-0.3, -0.25) is 8.42 Å². The summed E-state index contributed by atoms with van der Waals surface area (Å²) in [6.07, 6.45) is 0. The predicted molar refractivity (Wildman–Crippen MR) is 10.5 cm³/mol. The van der Waals surface area contributed by atoms with E-state index in [-0.39, 0.29) is 33.0 Å². The summed E-state index contributed by atoms with van der Waals surface area (Å²) in [5.41, 5.74) is 0. The summed E-state index contributed by atoms with van der Waals surface area (Å²) < 4.78 is 34.1. The minimum Gasteiger partial charge on any atom is -0.759 e. The van der Waals surface area contributed by atoms with E-state index in [1.165, 1.54) is 0 Å². The van der Waals surface area contributed by atoms with E-state index in [0.29, 0.717) is 0 Å². The zero-order chi connectivity index (χ0) is 4.50. The summed E-state index contributed by atoms with van der Waals surface area (Å²) in [5.74, 6) is 0. The molecule has 0 aliphatic rings. The monoisotopic (exact) mass is 212 g/mol. The normalized spacial score (nSPS) is 8.29. The van der Waals surface area contributed by atoms with Crippen LogP contribution in [0.25, 0.3) is 0 Å². The van der Waals surface area contributed by atoms with E-state index in [2.05, 4.69) is 0 Å². The molecule has 0 aliphatic carbocycles. The molecule has 0 rings (SSSR count). The molecule has 0 amide bonds. The second-order valence-corrected chi connectivity index (χ2v) is 1.22. The van der Waals surface area contributed by atoms with Gasteiger partial charge < -0.3 is 9.11 Å². The molecule has 0 unspecified atom stereocenters. The number of hydrogen-bond donors (Lipinski definition) is 0. The smallest absolute Gasteiger partial charge is 0.759 e. The predicted octanol–water partition coefficient (Wildman–Crippen LogP) is -1.34. The van der Waals surface area contributed by atoms with E-state index < -0.39 is 10.4 Å². The van der Waals surface area contributed by atoms with E-state index in [1.807, 2.05) is 0 Å². The van der Waals surface area contributed by atoms with Gasteiger partial charge in [0.25, 0.3) is 0 Å². The average Bonchev–Trinajstić information content (AvgIpc) is 0.722. The Morgan fingerprint density at radius 2 is 1.00 bits per heavy atom. The Morgan fingerprint density at radius 3 is 1.00 bits per heavy atom. The molecule has 0 saturated carbocycles. The van der Waals surface area contributed by atoms with Crippen molar-refractivity contribution in [2.75, 3.05) is 0 Å². The Kier molecular flexibility index (Phi) is 11.2. The molecule has 48 valence electrons. The summed E-state index contributed by atoms with van der Waals surface area (Å²) in [5, 5.41) is 0. The minimum atomic E-state index is -5.17. The molecular formula is Ni2O4S+2. The third-order valence-corrected chi connectivity index (χ3v) is 0. The van der Waals surface area contributed by atoms with Gasteiger partial charge in [-0.2, -0.15) is 0 Å². The van der Waals surface area contributed by atoms with Crippen molar-refractivity contribution in [1.82, 2.24) is 0 Å². The van der Waals surface area contributed by atoms with Gasteiger partial charge in [0.05, 0.1) is 0 Å². The van der Waals surface area contributed by atoms with Crippen molar-refractivity contribution in [3.8, 4) is 0 Å². The van der Waals surface area contributed by atoms with Crippen LogP contribution in [-0.2, 0) is 43.4 Å². The Morgan fingerprint density at radius 1 is 1.00 bits per heavy atom. The molecule has 0 aromatic carbocycles. The molecule has 0 aromatic heterocycles.